The van der Waals surface area contributed by atoms with Crippen LogP contribution in [0.25, 0.3) is 0 Å². The van der Waals surface area contributed by atoms with Crippen LogP contribution in [0.2, 0.25) is 0 Å². The van der Waals surface area contributed by atoms with Crippen LogP contribution in [0.1, 0.15) is 33.2 Å². The predicted octanol–water partition coefficient (Wildman–Crippen LogP) is 3.24. The first-order valence-electron chi connectivity index (χ1n) is 7.76. The highest BCUT2D eigenvalue weighted by molar-refractivity contribution is 6.06. The summed E-state index contributed by atoms with van der Waals surface area (Å²) in [5.41, 5.74) is -0.669. The molecule has 0 radical (unpaired) electrons. The minimum absolute atomic E-state index is 0.00578. The SMILES string of the molecule is CCOC(=O)c1ccc(NC(=O)c2cc([N+](=O)[O-])cc([N+](=O)[O-])c2C)cc1. The van der Waals surface area contributed by atoms with Crippen LogP contribution in [0.4, 0.5) is 17.1 Å². The Balaban J connectivity index is 2.31. The van der Waals surface area contributed by atoms with Gasteiger partial charge in [0.25, 0.3) is 17.3 Å². The van der Waals surface area contributed by atoms with Gasteiger partial charge in [-0.3, -0.25) is 25.0 Å². The van der Waals surface area contributed by atoms with Gasteiger partial charge in [-0.05, 0) is 38.1 Å². The van der Waals surface area contributed by atoms with E-state index in [1.807, 2.05) is 0 Å². The van der Waals surface area contributed by atoms with Gasteiger partial charge in [-0.15, -0.1) is 0 Å². The smallest absolute Gasteiger partial charge is 0.338 e. The molecule has 140 valence electrons. The molecule has 0 atom stereocenters. The average molecular weight is 373 g/mol. The van der Waals surface area contributed by atoms with Gasteiger partial charge in [0.15, 0.2) is 0 Å². The van der Waals surface area contributed by atoms with Crippen molar-refractivity contribution in [3.05, 3.63) is 73.3 Å². The molecule has 0 aromatic heterocycles. The number of nitro benzene ring substituents is 2. The summed E-state index contributed by atoms with van der Waals surface area (Å²) in [7, 11) is 0. The molecule has 0 fully saturated rings. The number of carbonyl (C=O) groups is 2. The quantitative estimate of drug-likeness (QED) is 0.465. The van der Waals surface area contributed by atoms with E-state index in [9.17, 15) is 29.8 Å². The zero-order valence-corrected chi connectivity index (χ0v) is 14.4. The molecule has 0 heterocycles. The fourth-order valence-corrected chi connectivity index (χ4v) is 2.32. The van der Waals surface area contributed by atoms with Crippen molar-refractivity contribution in [2.24, 2.45) is 0 Å². The van der Waals surface area contributed by atoms with E-state index in [0.717, 1.165) is 12.1 Å². The van der Waals surface area contributed by atoms with Crippen molar-refractivity contribution in [3.8, 4) is 0 Å². The van der Waals surface area contributed by atoms with Crippen LogP contribution in [0.5, 0.6) is 0 Å². The van der Waals surface area contributed by atoms with Crippen LogP contribution in [-0.2, 0) is 4.74 Å². The second-order valence-corrected chi connectivity index (χ2v) is 5.40. The standard InChI is InChI=1S/C17H15N3O7/c1-3-27-17(22)11-4-6-12(7-5-11)18-16(21)14-8-13(19(23)24)9-15(10(14)2)20(25)26/h4-9H,3H2,1-2H3,(H,18,21). The maximum absolute atomic E-state index is 12.5. The van der Waals surface area contributed by atoms with E-state index in [0.29, 0.717) is 5.69 Å². The summed E-state index contributed by atoms with van der Waals surface area (Å²) in [4.78, 5) is 44.5. The van der Waals surface area contributed by atoms with Crippen molar-refractivity contribution in [1.29, 1.82) is 0 Å². The highest BCUT2D eigenvalue weighted by atomic mass is 16.6. The van der Waals surface area contributed by atoms with Crippen LogP contribution >= 0.6 is 0 Å². The number of anilines is 1. The van der Waals surface area contributed by atoms with E-state index in [1.165, 1.54) is 31.2 Å². The van der Waals surface area contributed by atoms with Gasteiger partial charge in [-0.2, -0.15) is 0 Å². The van der Waals surface area contributed by atoms with Gasteiger partial charge in [-0.1, -0.05) is 0 Å². The number of nitrogens with one attached hydrogen (secondary N) is 1. The highest BCUT2D eigenvalue weighted by Gasteiger charge is 2.24. The summed E-state index contributed by atoms with van der Waals surface area (Å²) in [5, 5.41) is 24.6. The lowest BCUT2D eigenvalue weighted by molar-refractivity contribution is -0.394. The van der Waals surface area contributed by atoms with E-state index < -0.39 is 33.1 Å². The van der Waals surface area contributed by atoms with Crippen molar-refractivity contribution < 1.29 is 24.2 Å². The van der Waals surface area contributed by atoms with Crippen molar-refractivity contribution >= 4 is 28.9 Å². The Morgan fingerprint density at radius 1 is 1.07 bits per heavy atom. The number of hydrogen-bond acceptors (Lipinski definition) is 7. The van der Waals surface area contributed by atoms with E-state index in [1.54, 1.807) is 6.92 Å². The fourth-order valence-electron chi connectivity index (χ4n) is 2.32. The molecular weight excluding hydrogens is 358 g/mol. The molecule has 0 saturated heterocycles. The normalized spacial score (nSPS) is 10.1. The first-order valence-corrected chi connectivity index (χ1v) is 7.76. The van der Waals surface area contributed by atoms with E-state index in [4.69, 9.17) is 4.74 Å². The van der Waals surface area contributed by atoms with Crippen LogP contribution in [-0.4, -0.2) is 28.3 Å². The van der Waals surface area contributed by atoms with Crippen LogP contribution < -0.4 is 5.32 Å². The van der Waals surface area contributed by atoms with Crippen LogP contribution in [0, 0.1) is 27.2 Å². The third-order valence-corrected chi connectivity index (χ3v) is 3.67. The monoisotopic (exact) mass is 373 g/mol. The van der Waals surface area contributed by atoms with Crippen molar-refractivity contribution in [2.75, 3.05) is 11.9 Å². The van der Waals surface area contributed by atoms with Gasteiger partial charge < -0.3 is 10.1 Å². The van der Waals surface area contributed by atoms with Crippen LogP contribution in [0.15, 0.2) is 36.4 Å². The van der Waals surface area contributed by atoms with Crippen molar-refractivity contribution in [3.63, 3.8) is 0 Å². The minimum Gasteiger partial charge on any atom is -0.462 e. The number of benzene rings is 2. The molecule has 0 bridgehead atoms. The van der Waals surface area contributed by atoms with E-state index in [-0.39, 0.29) is 23.3 Å². The van der Waals surface area contributed by atoms with Gasteiger partial charge in [0.1, 0.15) is 0 Å². The molecule has 1 amide bonds. The number of non-ortho nitro benzene ring substituents is 1. The topological polar surface area (TPSA) is 142 Å². The van der Waals surface area contributed by atoms with Crippen molar-refractivity contribution in [2.45, 2.75) is 13.8 Å². The summed E-state index contributed by atoms with van der Waals surface area (Å²) < 4.78 is 4.85. The zero-order chi connectivity index (χ0) is 20.1. The van der Waals surface area contributed by atoms with Gasteiger partial charge in [-0.25, -0.2) is 4.79 Å². The number of carbonyl (C=O) groups excluding carboxylic acids is 2. The summed E-state index contributed by atoms with van der Waals surface area (Å²) in [6, 6.07) is 7.56. The number of esters is 1. The number of nitro groups is 2. The van der Waals surface area contributed by atoms with Gasteiger partial charge in [0, 0.05) is 17.3 Å². The van der Waals surface area contributed by atoms with Gasteiger partial charge in [0.2, 0.25) is 0 Å². The molecule has 10 heteroatoms. The Morgan fingerprint density at radius 3 is 2.22 bits per heavy atom. The first kappa shape index (κ1) is 19.5. The average Bonchev–Trinajstić information content (AvgIpc) is 2.62. The number of amides is 1. The minimum atomic E-state index is -0.808. The summed E-state index contributed by atoms with van der Waals surface area (Å²) in [6.07, 6.45) is 0. The zero-order valence-electron chi connectivity index (χ0n) is 14.4. The molecule has 0 aliphatic rings. The van der Waals surface area contributed by atoms with Gasteiger partial charge in [0.05, 0.1) is 33.6 Å². The molecule has 2 aromatic carbocycles. The molecule has 0 aliphatic carbocycles. The summed E-state index contributed by atoms with van der Waals surface area (Å²) >= 11 is 0. The van der Waals surface area contributed by atoms with E-state index >= 15 is 0 Å². The summed E-state index contributed by atoms with van der Waals surface area (Å²) in [5.74, 6) is -1.26. The second kappa shape index (κ2) is 8.04. The molecule has 0 spiro atoms. The Hall–Kier alpha value is -3.82. The maximum atomic E-state index is 12.5. The van der Waals surface area contributed by atoms with E-state index in [2.05, 4.69) is 5.32 Å². The summed E-state index contributed by atoms with van der Waals surface area (Å²) in [6.45, 7) is 3.23. The molecule has 27 heavy (non-hydrogen) atoms. The molecular formula is C17H15N3O7. The maximum Gasteiger partial charge on any atom is 0.338 e. The molecule has 10 nitrogen and oxygen atoms in total. The third kappa shape index (κ3) is 4.42. The highest BCUT2D eigenvalue weighted by Crippen LogP contribution is 2.28. The molecule has 0 saturated carbocycles. The lowest BCUT2D eigenvalue weighted by Crippen LogP contribution is -2.15. The van der Waals surface area contributed by atoms with Crippen LogP contribution in [0.3, 0.4) is 0 Å². The number of hydrogen-bond donors (Lipinski definition) is 1. The Labute approximate surface area is 153 Å². The predicted molar refractivity (Wildman–Crippen MR) is 94.8 cm³/mol. The first-order chi connectivity index (χ1) is 12.7. The molecule has 2 aromatic rings. The third-order valence-electron chi connectivity index (χ3n) is 3.67. The lowest BCUT2D eigenvalue weighted by atomic mass is 10.0. The van der Waals surface area contributed by atoms with Gasteiger partial charge >= 0.3 is 5.97 Å². The Morgan fingerprint density at radius 2 is 1.70 bits per heavy atom. The second-order valence-electron chi connectivity index (χ2n) is 5.40. The molecule has 0 aliphatic heterocycles. The number of rotatable bonds is 6. The molecule has 0 unspecified atom stereocenters. The lowest BCUT2D eigenvalue weighted by Gasteiger charge is -2.09. The molecule has 1 N–H and O–H groups in total. The Bertz CT molecular complexity index is 923. The molecule has 2 rings (SSSR count). The fraction of sp³-hybridized carbons (Fsp3) is 0.176. The number of ether oxygens (including phenoxy) is 1. The number of nitrogens with zero attached hydrogens (tertiary/aromatic N) is 2. The largest absolute Gasteiger partial charge is 0.462 e. The van der Waals surface area contributed by atoms with Crippen molar-refractivity contribution in [1.82, 2.24) is 0 Å². The Kier molecular flexibility index (Phi) is 5.81.